The van der Waals surface area contributed by atoms with Crippen LogP contribution in [0.5, 0.6) is 0 Å². The van der Waals surface area contributed by atoms with E-state index in [4.69, 9.17) is 7.98 Å². The summed E-state index contributed by atoms with van der Waals surface area (Å²) >= 11 is 0. The van der Waals surface area contributed by atoms with E-state index in [1.54, 1.807) is 0 Å². The Hall–Kier alpha value is 0.0249. The third-order valence-corrected chi connectivity index (χ3v) is 3.80. The molecule has 1 aliphatic carbocycles. The van der Waals surface area contributed by atoms with Crippen molar-refractivity contribution >= 4 is 7.98 Å². The van der Waals surface area contributed by atoms with Crippen LogP contribution in [0.15, 0.2) is 0 Å². The predicted octanol–water partition coefficient (Wildman–Crippen LogP) is 1.83. The van der Waals surface area contributed by atoms with Crippen molar-refractivity contribution in [2.75, 3.05) is 13.1 Å². The van der Waals surface area contributed by atoms with Crippen LogP contribution < -0.4 is 0 Å². The number of nitrogens with zero attached hydrogens (tertiary/aromatic N) is 1. The Bertz CT molecular complexity index is 173. The molecular weight excluding hydrogens is 145 g/mol. The van der Waals surface area contributed by atoms with E-state index in [2.05, 4.69) is 13.8 Å². The second-order valence-corrected chi connectivity index (χ2v) is 5.13. The van der Waals surface area contributed by atoms with Crippen LogP contribution in [-0.2, 0) is 0 Å². The Balaban J connectivity index is 1.87. The molecule has 0 aromatic rings. The van der Waals surface area contributed by atoms with Gasteiger partial charge in [-0.05, 0) is 49.6 Å². The third-order valence-electron chi connectivity index (χ3n) is 3.80. The molecule has 66 valence electrons. The first kappa shape index (κ1) is 8.62. The van der Waals surface area contributed by atoms with Crippen molar-refractivity contribution in [3.63, 3.8) is 0 Å². The highest BCUT2D eigenvalue weighted by atomic mass is 15.1. The maximum atomic E-state index is 5.77. The van der Waals surface area contributed by atoms with E-state index in [0.29, 0.717) is 5.41 Å². The van der Waals surface area contributed by atoms with Crippen molar-refractivity contribution in [2.45, 2.75) is 33.1 Å². The molecule has 0 aromatic heterocycles. The molecule has 0 bridgehead atoms. The van der Waals surface area contributed by atoms with E-state index in [0.717, 1.165) is 24.9 Å². The summed E-state index contributed by atoms with van der Waals surface area (Å²) in [5.74, 6) is 1.86. The molecule has 1 spiro atoms. The average Bonchev–Trinajstić information content (AvgIpc) is 2.27. The molecule has 2 fully saturated rings. The zero-order chi connectivity index (χ0) is 8.77. The SMILES string of the molecule is [B]N1CCC2(CC(C(C)C)C2)C1. The molecule has 0 aromatic carbocycles. The monoisotopic (exact) mass is 163 g/mol. The molecule has 2 heteroatoms. The molecule has 1 nitrogen and oxygen atoms in total. The summed E-state index contributed by atoms with van der Waals surface area (Å²) in [6.07, 6.45) is 4.20. The van der Waals surface area contributed by atoms with E-state index in [9.17, 15) is 0 Å². The first-order valence-corrected chi connectivity index (χ1v) is 5.11. The molecular formula is C10H18BN. The highest BCUT2D eigenvalue weighted by Gasteiger charge is 2.47. The average molecular weight is 163 g/mol. The second kappa shape index (κ2) is 2.76. The number of hydrogen-bond donors (Lipinski definition) is 0. The van der Waals surface area contributed by atoms with Gasteiger partial charge < -0.3 is 4.81 Å². The molecule has 1 saturated carbocycles. The molecule has 2 radical (unpaired) electrons. The first-order valence-electron chi connectivity index (χ1n) is 5.11. The topological polar surface area (TPSA) is 3.24 Å². The van der Waals surface area contributed by atoms with Crippen molar-refractivity contribution in [2.24, 2.45) is 17.3 Å². The zero-order valence-corrected chi connectivity index (χ0v) is 8.21. The standard InChI is InChI=1S/C10H18BN/c1-8(2)9-5-10(6-9)3-4-12(11)7-10/h8-9H,3-7H2,1-2H3. The van der Waals surface area contributed by atoms with E-state index in [1.165, 1.54) is 19.3 Å². The second-order valence-electron chi connectivity index (χ2n) is 5.13. The zero-order valence-electron chi connectivity index (χ0n) is 8.21. The number of rotatable bonds is 1. The minimum absolute atomic E-state index is 0.643. The minimum atomic E-state index is 0.643. The summed E-state index contributed by atoms with van der Waals surface area (Å²) in [7, 11) is 5.77. The van der Waals surface area contributed by atoms with Crippen LogP contribution >= 0.6 is 0 Å². The van der Waals surface area contributed by atoms with Gasteiger partial charge in [0.25, 0.3) is 0 Å². The fraction of sp³-hybridized carbons (Fsp3) is 1.00. The molecule has 1 aliphatic heterocycles. The highest BCUT2D eigenvalue weighted by molar-refractivity contribution is 6.04. The van der Waals surface area contributed by atoms with E-state index in [-0.39, 0.29) is 0 Å². The van der Waals surface area contributed by atoms with E-state index >= 15 is 0 Å². The fourth-order valence-corrected chi connectivity index (χ4v) is 2.83. The van der Waals surface area contributed by atoms with Crippen LogP contribution in [-0.4, -0.2) is 25.9 Å². The number of hydrogen-bond acceptors (Lipinski definition) is 1. The van der Waals surface area contributed by atoms with Gasteiger partial charge in [-0.1, -0.05) is 13.8 Å². The van der Waals surface area contributed by atoms with Crippen LogP contribution in [0.2, 0.25) is 0 Å². The fourth-order valence-electron chi connectivity index (χ4n) is 2.83. The lowest BCUT2D eigenvalue weighted by Gasteiger charge is -2.47. The van der Waals surface area contributed by atoms with Crippen LogP contribution in [0, 0.1) is 17.3 Å². The van der Waals surface area contributed by atoms with Gasteiger partial charge in [0.15, 0.2) is 7.98 Å². The van der Waals surface area contributed by atoms with Crippen molar-refractivity contribution in [1.29, 1.82) is 0 Å². The minimum Gasteiger partial charge on any atom is -0.353 e. The molecule has 12 heavy (non-hydrogen) atoms. The van der Waals surface area contributed by atoms with Gasteiger partial charge in [-0.25, -0.2) is 0 Å². The Labute approximate surface area is 76.9 Å². The molecule has 0 atom stereocenters. The molecule has 0 unspecified atom stereocenters. The van der Waals surface area contributed by atoms with Gasteiger partial charge >= 0.3 is 0 Å². The summed E-state index contributed by atoms with van der Waals surface area (Å²) in [6.45, 7) is 6.94. The lowest BCUT2D eigenvalue weighted by atomic mass is 9.58. The van der Waals surface area contributed by atoms with Gasteiger partial charge in [-0.3, -0.25) is 0 Å². The van der Waals surface area contributed by atoms with Crippen LogP contribution in [0.25, 0.3) is 0 Å². The van der Waals surface area contributed by atoms with Crippen LogP contribution in [0.4, 0.5) is 0 Å². The van der Waals surface area contributed by atoms with Gasteiger partial charge in [-0.15, -0.1) is 0 Å². The maximum absolute atomic E-state index is 5.77. The summed E-state index contributed by atoms with van der Waals surface area (Å²) < 4.78 is 0. The Morgan fingerprint density at radius 3 is 2.50 bits per heavy atom. The summed E-state index contributed by atoms with van der Waals surface area (Å²) in [4.78, 5) is 2.00. The Kier molecular flexibility index (Phi) is 1.98. The highest BCUT2D eigenvalue weighted by Crippen LogP contribution is 2.53. The van der Waals surface area contributed by atoms with Crippen LogP contribution in [0.1, 0.15) is 33.1 Å². The summed E-state index contributed by atoms with van der Waals surface area (Å²) in [5, 5.41) is 0. The van der Waals surface area contributed by atoms with Gasteiger partial charge in [0.1, 0.15) is 0 Å². The quantitative estimate of drug-likeness (QED) is 0.533. The largest absolute Gasteiger partial charge is 0.353 e. The van der Waals surface area contributed by atoms with Crippen LogP contribution in [0.3, 0.4) is 0 Å². The maximum Gasteiger partial charge on any atom is 0.182 e. The Morgan fingerprint density at radius 1 is 1.42 bits per heavy atom. The normalized spacial score (nSPS) is 42.4. The van der Waals surface area contributed by atoms with Crippen molar-refractivity contribution in [1.82, 2.24) is 4.81 Å². The predicted molar refractivity (Wildman–Crippen MR) is 51.9 cm³/mol. The molecule has 0 N–H and O–H groups in total. The van der Waals surface area contributed by atoms with Gasteiger partial charge in [0, 0.05) is 0 Å². The molecule has 2 aliphatic rings. The summed E-state index contributed by atoms with van der Waals surface area (Å²) in [6, 6.07) is 0. The lowest BCUT2D eigenvalue weighted by Crippen LogP contribution is -2.41. The molecule has 1 saturated heterocycles. The van der Waals surface area contributed by atoms with Crippen molar-refractivity contribution in [3.05, 3.63) is 0 Å². The summed E-state index contributed by atoms with van der Waals surface area (Å²) in [5.41, 5.74) is 0.643. The smallest absolute Gasteiger partial charge is 0.182 e. The van der Waals surface area contributed by atoms with Gasteiger partial charge in [0.05, 0.1) is 0 Å². The van der Waals surface area contributed by atoms with Crippen molar-refractivity contribution in [3.8, 4) is 0 Å². The molecule has 1 heterocycles. The Morgan fingerprint density at radius 2 is 2.08 bits per heavy atom. The first-order chi connectivity index (χ1) is 5.61. The van der Waals surface area contributed by atoms with E-state index < -0.39 is 0 Å². The molecule has 0 amide bonds. The van der Waals surface area contributed by atoms with Crippen molar-refractivity contribution < 1.29 is 0 Å². The lowest BCUT2D eigenvalue weighted by molar-refractivity contribution is 0.0400. The van der Waals surface area contributed by atoms with Gasteiger partial charge in [0.2, 0.25) is 0 Å². The van der Waals surface area contributed by atoms with E-state index in [1.807, 2.05) is 4.81 Å². The third kappa shape index (κ3) is 1.30. The van der Waals surface area contributed by atoms with Gasteiger partial charge in [-0.2, -0.15) is 0 Å². The molecule has 2 rings (SSSR count).